The number of hydrogen-bond donors (Lipinski definition) is 4. The minimum Gasteiger partial charge on any atom is -0.489 e. The van der Waals surface area contributed by atoms with E-state index in [9.17, 15) is 9.59 Å². The molecular weight excluding hydrogens is 871 g/mol. The highest BCUT2D eigenvalue weighted by atomic mass is 16.5. The van der Waals surface area contributed by atoms with Crippen LogP contribution in [0.3, 0.4) is 0 Å². The van der Waals surface area contributed by atoms with Crippen LogP contribution >= 0.6 is 0 Å². The summed E-state index contributed by atoms with van der Waals surface area (Å²) >= 11 is 0. The molecule has 69 heavy (non-hydrogen) atoms. The van der Waals surface area contributed by atoms with Gasteiger partial charge in [0.2, 0.25) is 5.88 Å². The number of carbonyl (C=O) groups excluding carboxylic acids is 2. The molecule has 0 spiro atoms. The number of piperidine rings is 1. The maximum atomic E-state index is 12.4. The highest BCUT2D eigenvalue weighted by Crippen LogP contribution is 2.37. The summed E-state index contributed by atoms with van der Waals surface area (Å²) in [4.78, 5) is 43.4. The van der Waals surface area contributed by atoms with E-state index in [-0.39, 0.29) is 28.8 Å². The molecule has 0 unspecified atom stereocenters. The second-order valence-corrected chi connectivity index (χ2v) is 16.0. The summed E-state index contributed by atoms with van der Waals surface area (Å²) in [5, 5.41) is 24.1. The van der Waals surface area contributed by atoms with Crippen molar-refractivity contribution in [1.82, 2.24) is 24.8 Å². The first-order valence-corrected chi connectivity index (χ1v) is 21.8. The topological polar surface area (TPSA) is 240 Å². The smallest absolute Gasteiger partial charge is 0.265 e. The number of amides is 2. The molecule has 1 saturated heterocycles. The zero-order valence-electron chi connectivity index (χ0n) is 37.3. The van der Waals surface area contributed by atoms with E-state index in [4.69, 9.17) is 36.2 Å². The molecule has 0 atom stereocenters. The van der Waals surface area contributed by atoms with Crippen molar-refractivity contribution in [3.8, 4) is 74.4 Å². The number of nitrogens with zero attached hydrogens (tertiary/aromatic N) is 7. The van der Waals surface area contributed by atoms with Crippen LogP contribution in [0.1, 0.15) is 18.4 Å². The fraction of sp³-hybridized carbons (Fsp3) is 0.132. The highest BCUT2D eigenvalue weighted by Gasteiger charge is 2.25. The van der Waals surface area contributed by atoms with Gasteiger partial charge in [-0.1, -0.05) is 73.8 Å². The fourth-order valence-electron chi connectivity index (χ4n) is 7.66. The third kappa shape index (κ3) is 11.3. The van der Waals surface area contributed by atoms with Crippen molar-refractivity contribution >= 4 is 35.0 Å². The average molecular weight is 916 g/mol. The molecule has 1 aliphatic rings. The number of nitrogens with two attached hydrogens (primary N) is 2. The lowest BCUT2D eigenvalue weighted by molar-refractivity contribution is -0.128. The molecule has 2 amide bonds. The number of nitrogens with one attached hydrogen (secondary N) is 2. The lowest BCUT2D eigenvalue weighted by atomic mass is 9.96. The minimum absolute atomic E-state index is 0.0417. The molecule has 0 bridgehead atoms. The van der Waals surface area contributed by atoms with Crippen molar-refractivity contribution in [1.29, 1.82) is 10.5 Å². The highest BCUT2D eigenvalue weighted by molar-refractivity contribution is 6.06. The van der Waals surface area contributed by atoms with Crippen molar-refractivity contribution in [2.75, 3.05) is 41.7 Å². The van der Waals surface area contributed by atoms with Crippen LogP contribution in [0.2, 0.25) is 0 Å². The number of benzene rings is 5. The molecule has 6 N–H and O–H groups in total. The van der Waals surface area contributed by atoms with E-state index in [2.05, 4.69) is 49.8 Å². The van der Waals surface area contributed by atoms with Gasteiger partial charge in [0.25, 0.3) is 11.8 Å². The normalized spacial score (nSPS) is 12.2. The summed E-state index contributed by atoms with van der Waals surface area (Å²) in [5.74, 6) is 3.07. The predicted octanol–water partition coefficient (Wildman–Crippen LogP) is 9.34. The monoisotopic (exact) mass is 915 g/mol. The maximum absolute atomic E-state index is 12.4. The number of anilines is 4. The number of hydrogen-bond acceptors (Lipinski definition) is 14. The fourth-order valence-corrected chi connectivity index (χ4v) is 7.66. The quantitative estimate of drug-likeness (QED) is 0.0522. The number of ether oxygens (including phenoxy) is 3. The zero-order valence-corrected chi connectivity index (χ0v) is 37.3. The number of likely N-dealkylation sites (tertiary alicyclic amines) is 1. The van der Waals surface area contributed by atoms with E-state index >= 15 is 0 Å². The number of nitriles is 2. The van der Waals surface area contributed by atoms with Gasteiger partial charge in [-0.3, -0.25) is 9.59 Å². The average Bonchev–Trinajstić information content (AvgIpc) is 3.38. The van der Waals surface area contributed by atoms with E-state index in [1.165, 1.54) is 12.7 Å². The second-order valence-electron chi connectivity index (χ2n) is 16.0. The van der Waals surface area contributed by atoms with Crippen LogP contribution in [-0.2, 0) is 16.2 Å². The maximum Gasteiger partial charge on any atom is 0.265 e. The van der Waals surface area contributed by atoms with Gasteiger partial charge in [0.1, 0.15) is 83.0 Å². The van der Waals surface area contributed by atoms with E-state index in [1.807, 2.05) is 97.1 Å². The Hall–Kier alpha value is -9.54. The Morgan fingerprint density at radius 3 is 1.99 bits per heavy atom. The lowest BCUT2D eigenvalue weighted by Gasteiger charge is -2.32. The first-order chi connectivity index (χ1) is 33.5. The standard InChI is InChI=1S/C53H45N11O5/c1-33(27-54)51(65)63-41-9-5-11-45(26-41)69-52-47(49(57)60-32-62-52)38-12-16-42(17-13-38)67-30-36-6-3-7-39(24-36)40-8-4-10-44(25-40)68-43-18-14-37(15-19-43)46-48(56)59-31-61-50(46)58-29-35-20-22-64(23-21-35)53(66)34(2)28-55/h3-19,24-26,31-32,35H,1-2,20-23,29-30H2,(H,63,65)(H2,57,60,62)(H3,56,58,59,61). The molecule has 8 rings (SSSR count). The largest absolute Gasteiger partial charge is 0.489 e. The van der Waals surface area contributed by atoms with Crippen molar-refractivity contribution in [2.45, 2.75) is 19.4 Å². The van der Waals surface area contributed by atoms with Gasteiger partial charge in [-0.25, -0.2) is 19.9 Å². The number of nitrogen functional groups attached to an aromatic ring is 2. The third-order valence-electron chi connectivity index (χ3n) is 11.3. The zero-order chi connectivity index (χ0) is 48.3. The van der Waals surface area contributed by atoms with E-state index in [0.717, 1.165) is 35.1 Å². The van der Waals surface area contributed by atoms with Crippen LogP contribution in [0.4, 0.5) is 23.1 Å². The SMILES string of the molecule is C=C(C#N)C(=O)Nc1cccc(Oc2ncnc(N)c2-c2ccc(OCc3cccc(-c4cccc(Oc5ccc(-c6c(N)ncnc6NCC6CCN(C(=O)C(=C)C#N)CC6)cc5)c4)c3)cc2)c1. The van der Waals surface area contributed by atoms with Gasteiger partial charge in [0.05, 0.1) is 11.1 Å². The van der Waals surface area contributed by atoms with Gasteiger partial charge in [0, 0.05) is 31.4 Å². The van der Waals surface area contributed by atoms with Crippen LogP contribution in [-0.4, -0.2) is 56.3 Å². The Morgan fingerprint density at radius 2 is 1.28 bits per heavy atom. The molecule has 2 aromatic heterocycles. The summed E-state index contributed by atoms with van der Waals surface area (Å²) in [6, 6.07) is 41.1. The number of rotatable bonds is 16. The molecule has 16 heteroatoms. The molecule has 3 heterocycles. The van der Waals surface area contributed by atoms with Gasteiger partial charge in [-0.15, -0.1) is 0 Å². The van der Waals surface area contributed by atoms with Crippen molar-refractivity contribution < 1.29 is 23.8 Å². The molecule has 1 fully saturated rings. The van der Waals surface area contributed by atoms with Crippen LogP contribution < -0.4 is 36.3 Å². The first kappa shape index (κ1) is 46.0. The van der Waals surface area contributed by atoms with Crippen LogP contribution in [0.15, 0.2) is 158 Å². The molecule has 0 radical (unpaired) electrons. The summed E-state index contributed by atoms with van der Waals surface area (Å²) in [6.07, 6.45) is 4.31. The second kappa shape index (κ2) is 21.2. The van der Waals surface area contributed by atoms with E-state index < -0.39 is 5.91 Å². The molecule has 0 saturated carbocycles. The molecular formula is C53H45N11O5. The van der Waals surface area contributed by atoms with Gasteiger partial charge in [-0.05, 0) is 101 Å². The van der Waals surface area contributed by atoms with Crippen molar-refractivity contribution in [2.24, 2.45) is 5.92 Å². The molecule has 5 aromatic carbocycles. The Bertz CT molecular complexity index is 3140. The third-order valence-corrected chi connectivity index (χ3v) is 11.3. The van der Waals surface area contributed by atoms with Crippen molar-refractivity contribution in [3.63, 3.8) is 0 Å². The summed E-state index contributed by atoms with van der Waals surface area (Å²) in [6.45, 7) is 9.07. The van der Waals surface area contributed by atoms with Gasteiger partial charge < -0.3 is 41.2 Å². The Kier molecular flexibility index (Phi) is 14.1. The Labute approximate surface area is 398 Å². The van der Waals surface area contributed by atoms with Crippen LogP contribution in [0.25, 0.3) is 33.4 Å². The summed E-state index contributed by atoms with van der Waals surface area (Å²) in [7, 11) is 0. The summed E-state index contributed by atoms with van der Waals surface area (Å²) < 4.78 is 18.6. The number of carbonyl (C=O) groups is 2. The minimum atomic E-state index is -0.616. The molecule has 7 aromatic rings. The van der Waals surface area contributed by atoms with Gasteiger partial charge >= 0.3 is 0 Å². The Balaban J connectivity index is 0.874. The van der Waals surface area contributed by atoms with Crippen LogP contribution in [0.5, 0.6) is 28.9 Å². The molecule has 0 aliphatic carbocycles. The molecule has 342 valence electrons. The van der Waals surface area contributed by atoms with E-state index in [1.54, 1.807) is 35.2 Å². The number of aromatic nitrogens is 4. The Morgan fingerprint density at radius 1 is 0.667 bits per heavy atom. The van der Waals surface area contributed by atoms with Gasteiger partial charge in [-0.2, -0.15) is 10.5 Å². The van der Waals surface area contributed by atoms with Gasteiger partial charge in [0.15, 0.2) is 0 Å². The van der Waals surface area contributed by atoms with Crippen molar-refractivity contribution in [3.05, 3.63) is 164 Å². The first-order valence-electron chi connectivity index (χ1n) is 21.8. The van der Waals surface area contributed by atoms with E-state index in [0.29, 0.717) is 89.2 Å². The summed E-state index contributed by atoms with van der Waals surface area (Å²) in [5.41, 5.74) is 18.5. The predicted molar refractivity (Wildman–Crippen MR) is 262 cm³/mol. The molecule has 1 aliphatic heterocycles. The lowest BCUT2D eigenvalue weighted by Crippen LogP contribution is -2.40. The molecule has 16 nitrogen and oxygen atoms in total. The van der Waals surface area contributed by atoms with Crippen LogP contribution in [0, 0.1) is 28.6 Å².